The highest BCUT2D eigenvalue weighted by atomic mass is 79.9. The van der Waals surface area contributed by atoms with Gasteiger partial charge >= 0.3 is 0 Å². The molecule has 0 bridgehead atoms. The van der Waals surface area contributed by atoms with E-state index < -0.39 is 0 Å². The Kier molecular flexibility index (Phi) is 3.31. The fourth-order valence-corrected chi connectivity index (χ4v) is 16.6. The van der Waals surface area contributed by atoms with Crippen molar-refractivity contribution in [3.05, 3.63) is 0 Å². The molecule has 0 saturated carbocycles. The van der Waals surface area contributed by atoms with Crippen LogP contribution >= 0.6 is 30.6 Å². The van der Waals surface area contributed by atoms with Crippen molar-refractivity contribution in [3.63, 3.8) is 0 Å². The summed E-state index contributed by atoms with van der Waals surface area (Å²) < 4.78 is 0. The van der Waals surface area contributed by atoms with Gasteiger partial charge in [-0.25, -0.2) is 0 Å². The molecule has 1 rings (SSSR count). The van der Waals surface area contributed by atoms with Gasteiger partial charge in [0.2, 0.25) is 0 Å². The van der Waals surface area contributed by atoms with Crippen molar-refractivity contribution < 1.29 is 0 Å². The molecule has 8 heavy (non-hydrogen) atoms. The van der Waals surface area contributed by atoms with E-state index in [0.717, 1.165) is 0 Å². The zero-order valence-electron chi connectivity index (χ0n) is 4.58. The van der Waals surface area contributed by atoms with Gasteiger partial charge in [0.05, 0.1) is 0 Å². The van der Waals surface area contributed by atoms with Gasteiger partial charge in [-0.1, -0.05) is 6.42 Å². The van der Waals surface area contributed by atoms with Crippen molar-refractivity contribution in [2.24, 2.45) is 0 Å². The van der Waals surface area contributed by atoms with Gasteiger partial charge in [0.25, 0.3) is 0 Å². The van der Waals surface area contributed by atoms with Gasteiger partial charge in [0.15, 0.2) is 0 Å². The van der Waals surface area contributed by atoms with Crippen LogP contribution in [0.1, 0.15) is 6.42 Å². The lowest BCUT2D eigenvalue weighted by Gasteiger charge is -2.16. The highest BCUT2D eigenvalue weighted by molar-refractivity contribution is 9.26. The molecule has 1 saturated heterocycles. The van der Waals surface area contributed by atoms with Crippen LogP contribution in [-0.2, 0) is 0 Å². The second kappa shape index (κ2) is 3.53. The zero-order valence-corrected chi connectivity index (χ0v) is 9.76. The predicted octanol–water partition coefficient (Wildman–Crippen LogP) is 2.70. The summed E-state index contributed by atoms with van der Waals surface area (Å²) in [5, 5.41) is 0. The van der Waals surface area contributed by atoms with E-state index in [2.05, 4.69) is 30.6 Å². The first-order chi connectivity index (χ1) is 3.79. The maximum absolute atomic E-state index is 3.73. The van der Waals surface area contributed by atoms with E-state index in [-0.39, 0.29) is 14.8 Å². The molecule has 0 aromatic carbocycles. The minimum atomic E-state index is -0.0308. The third-order valence-corrected chi connectivity index (χ3v) is 13.6. The van der Waals surface area contributed by atoms with Gasteiger partial charge < -0.3 is 0 Å². The van der Waals surface area contributed by atoms with Crippen molar-refractivity contribution in [3.8, 4) is 0 Å². The van der Waals surface area contributed by atoms with Crippen molar-refractivity contribution in [2.45, 2.75) is 24.2 Å². The van der Waals surface area contributed by atoms with Gasteiger partial charge in [-0.05, 0) is 17.8 Å². The van der Waals surface area contributed by atoms with E-state index >= 15 is 0 Å². The standard InChI is InChI=1S/C4H8Br2Si2/c5-7-2-1-3-8(6)4-7/h1-4H2. The topological polar surface area (TPSA) is 0 Å². The van der Waals surface area contributed by atoms with Gasteiger partial charge in [0.1, 0.15) is 14.8 Å². The summed E-state index contributed by atoms with van der Waals surface area (Å²) in [5.41, 5.74) is 1.51. The third-order valence-electron chi connectivity index (χ3n) is 1.28. The molecule has 0 aliphatic carbocycles. The number of hydrogen-bond acceptors (Lipinski definition) is 0. The molecule has 0 N–H and O–H groups in total. The lowest BCUT2D eigenvalue weighted by Crippen LogP contribution is -2.19. The Morgan fingerprint density at radius 3 is 1.75 bits per heavy atom. The summed E-state index contributed by atoms with van der Waals surface area (Å²) in [7, 11) is -0.0616. The maximum atomic E-state index is 3.73. The Bertz CT molecular complexity index is 70.4. The minimum Gasteiger partial charge on any atom is -0.129 e. The van der Waals surface area contributed by atoms with Gasteiger partial charge in [-0.3, -0.25) is 0 Å². The molecule has 1 aliphatic heterocycles. The second-order valence-electron chi connectivity index (χ2n) is 2.06. The minimum absolute atomic E-state index is 0.0308. The van der Waals surface area contributed by atoms with Gasteiger partial charge in [-0.2, -0.15) is 0 Å². The van der Waals surface area contributed by atoms with Crippen LogP contribution in [0.5, 0.6) is 0 Å². The number of hydrogen-bond donors (Lipinski definition) is 0. The molecule has 2 radical (unpaired) electrons. The molecule has 46 valence electrons. The quantitative estimate of drug-likeness (QED) is 0.470. The molecular weight excluding hydrogens is 264 g/mol. The smallest absolute Gasteiger partial charge is 0.129 e. The molecule has 0 nitrogen and oxygen atoms in total. The molecule has 0 atom stereocenters. The van der Waals surface area contributed by atoms with Crippen LogP contribution in [0.25, 0.3) is 0 Å². The maximum Gasteiger partial charge on any atom is 0.133 e. The summed E-state index contributed by atoms with van der Waals surface area (Å²) in [4.78, 5) is 0. The first kappa shape index (κ1) is 7.50. The number of rotatable bonds is 0. The van der Waals surface area contributed by atoms with Gasteiger partial charge in [0, 0.05) is 0 Å². The van der Waals surface area contributed by atoms with Crippen LogP contribution in [0.4, 0.5) is 0 Å². The molecule has 0 aromatic rings. The Hall–Kier alpha value is 1.39. The predicted molar refractivity (Wildman–Crippen MR) is 48.4 cm³/mol. The molecule has 0 unspecified atom stereocenters. The van der Waals surface area contributed by atoms with Crippen LogP contribution in [-0.4, -0.2) is 14.8 Å². The highest BCUT2D eigenvalue weighted by Crippen LogP contribution is 2.25. The van der Waals surface area contributed by atoms with Crippen molar-refractivity contribution in [2.75, 3.05) is 0 Å². The van der Waals surface area contributed by atoms with Crippen molar-refractivity contribution >= 4 is 45.4 Å². The van der Waals surface area contributed by atoms with Crippen LogP contribution in [0.2, 0.25) is 17.8 Å². The Labute approximate surface area is 69.4 Å². The fraction of sp³-hybridized carbons (Fsp3) is 1.00. The lowest BCUT2D eigenvalue weighted by molar-refractivity contribution is 1.04. The molecule has 1 aliphatic rings. The molecule has 0 aromatic heterocycles. The van der Waals surface area contributed by atoms with E-state index in [4.69, 9.17) is 0 Å². The average Bonchev–Trinajstić information content (AvgIpc) is 1.64. The first-order valence-corrected chi connectivity index (χ1v) is 11.1. The average molecular weight is 272 g/mol. The van der Waals surface area contributed by atoms with Crippen LogP contribution in [0.3, 0.4) is 0 Å². The number of halogens is 2. The summed E-state index contributed by atoms with van der Waals surface area (Å²) in [6, 6.07) is 2.98. The van der Waals surface area contributed by atoms with E-state index in [9.17, 15) is 0 Å². The lowest BCUT2D eigenvalue weighted by atomic mass is 10.6. The fourth-order valence-electron chi connectivity index (χ4n) is 0.857. The summed E-state index contributed by atoms with van der Waals surface area (Å²) in [6.45, 7) is 0. The molecule has 0 spiro atoms. The summed E-state index contributed by atoms with van der Waals surface area (Å²) >= 11 is 7.45. The molecule has 1 fully saturated rings. The van der Waals surface area contributed by atoms with Gasteiger partial charge in [-0.15, -0.1) is 30.6 Å². The van der Waals surface area contributed by atoms with E-state index in [0.29, 0.717) is 0 Å². The normalized spacial score (nSPS) is 26.2. The highest BCUT2D eigenvalue weighted by Gasteiger charge is 2.20. The Morgan fingerprint density at radius 2 is 1.50 bits per heavy atom. The summed E-state index contributed by atoms with van der Waals surface area (Å²) in [5.74, 6) is 0. The molecule has 4 heteroatoms. The van der Waals surface area contributed by atoms with Crippen molar-refractivity contribution in [1.82, 2.24) is 0 Å². The largest absolute Gasteiger partial charge is 0.133 e. The molecular formula is C4H8Br2Si2. The second-order valence-corrected chi connectivity index (χ2v) is 13.3. The third kappa shape index (κ3) is 2.33. The SMILES string of the molecule is Br[Si]1CCC[Si](Br)C1. The molecule has 1 heterocycles. The first-order valence-electron chi connectivity index (χ1n) is 2.79. The summed E-state index contributed by atoms with van der Waals surface area (Å²) in [6.07, 6.45) is 1.47. The Balaban J connectivity index is 2.23. The van der Waals surface area contributed by atoms with E-state index in [1.807, 2.05) is 0 Å². The van der Waals surface area contributed by atoms with Crippen LogP contribution < -0.4 is 0 Å². The van der Waals surface area contributed by atoms with E-state index in [1.165, 1.54) is 24.2 Å². The molecule has 0 amide bonds. The Morgan fingerprint density at radius 1 is 1.00 bits per heavy atom. The zero-order chi connectivity index (χ0) is 5.98. The monoisotopic (exact) mass is 270 g/mol. The van der Waals surface area contributed by atoms with Crippen molar-refractivity contribution in [1.29, 1.82) is 0 Å². The van der Waals surface area contributed by atoms with E-state index in [1.54, 1.807) is 0 Å². The van der Waals surface area contributed by atoms with Crippen LogP contribution in [0.15, 0.2) is 0 Å². The van der Waals surface area contributed by atoms with Crippen LogP contribution in [0, 0.1) is 0 Å².